The van der Waals surface area contributed by atoms with Crippen molar-refractivity contribution in [2.24, 2.45) is 7.05 Å². The van der Waals surface area contributed by atoms with Crippen molar-refractivity contribution in [2.45, 2.75) is 6.04 Å². The van der Waals surface area contributed by atoms with Gasteiger partial charge >= 0.3 is 0 Å². The molecule has 0 bridgehead atoms. The first-order chi connectivity index (χ1) is 11.1. The first-order valence-electron chi connectivity index (χ1n) is 7.51. The Bertz CT molecular complexity index is 677. The molecule has 1 unspecified atom stereocenters. The number of aryl methyl sites for hydroxylation is 1. The minimum absolute atomic E-state index is 0. The van der Waals surface area contributed by atoms with Crippen molar-refractivity contribution in [1.29, 1.82) is 0 Å². The zero-order chi connectivity index (χ0) is 16.2. The predicted octanol–water partition coefficient (Wildman–Crippen LogP) is 2.16. The Hall–Kier alpha value is -1.57. The Balaban J connectivity index is 0.00000208. The van der Waals surface area contributed by atoms with Gasteiger partial charge in [-0.2, -0.15) is 0 Å². The number of nitrogens with zero attached hydrogens (tertiary/aromatic N) is 3. The lowest BCUT2D eigenvalue weighted by Gasteiger charge is -2.35. The van der Waals surface area contributed by atoms with Crippen LogP contribution in [0, 0.1) is 0 Å². The van der Waals surface area contributed by atoms with Crippen LogP contribution in [0.15, 0.2) is 41.1 Å². The number of imidazole rings is 1. The zero-order valence-electron chi connectivity index (χ0n) is 13.3. The summed E-state index contributed by atoms with van der Waals surface area (Å²) in [6.07, 6.45) is 3.65. The van der Waals surface area contributed by atoms with E-state index in [0.717, 1.165) is 16.8 Å². The van der Waals surface area contributed by atoms with Crippen LogP contribution in [0.3, 0.4) is 0 Å². The largest absolute Gasteiger partial charge is 0.484 e. The first-order valence-corrected chi connectivity index (χ1v) is 8.30. The van der Waals surface area contributed by atoms with E-state index in [0.29, 0.717) is 18.8 Å². The van der Waals surface area contributed by atoms with Crippen molar-refractivity contribution in [3.63, 3.8) is 0 Å². The fourth-order valence-electron chi connectivity index (χ4n) is 2.69. The molecule has 1 aliphatic heterocycles. The molecule has 0 spiro atoms. The van der Waals surface area contributed by atoms with E-state index in [1.807, 2.05) is 47.0 Å². The van der Waals surface area contributed by atoms with Gasteiger partial charge in [-0.25, -0.2) is 4.98 Å². The third-order valence-corrected chi connectivity index (χ3v) is 4.42. The fourth-order valence-corrected chi connectivity index (χ4v) is 2.95. The number of carbonyl (C=O) groups excluding carboxylic acids is 1. The Labute approximate surface area is 155 Å². The van der Waals surface area contributed by atoms with Crippen molar-refractivity contribution < 1.29 is 9.53 Å². The number of halogens is 2. The van der Waals surface area contributed by atoms with Gasteiger partial charge in [-0.3, -0.25) is 4.79 Å². The van der Waals surface area contributed by atoms with Gasteiger partial charge in [-0.15, -0.1) is 12.4 Å². The lowest BCUT2D eigenvalue weighted by Crippen LogP contribution is -2.50. The molecule has 0 aliphatic carbocycles. The standard InChI is InChI=1S/C16H19BrN4O2.ClH/c1-20-8-7-19-16(20)14-10-18-6-9-21(14)15(22)11-23-13-4-2-12(17)3-5-13;/h2-5,7-8,14,18H,6,9-11H2,1H3;1H. The van der Waals surface area contributed by atoms with Crippen LogP contribution in [-0.4, -0.2) is 46.6 Å². The van der Waals surface area contributed by atoms with E-state index in [2.05, 4.69) is 26.2 Å². The molecule has 1 N–H and O–H groups in total. The van der Waals surface area contributed by atoms with E-state index < -0.39 is 0 Å². The average Bonchev–Trinajstić information content (AvgIpc) is 3.00. The number of benzene rings is 1. The van der Waals surface area contributed by atoms with Crippen molar-refractivity contribution >= 4 is 34.2 Å². The highest BCUT2D eigenvalue weighted by molar-refractivity contribution is 9.10. The van der Waals surface area contributed by atoms with Gasteiger partial charge in [0.2, 0.25) is 0 Å². The van der Waals surface area contributed by atoms with E-state index in [4.69, 9.17) is 4.74 Å². The predicted molar refractivity (Wildman–Crippen MR) is 97.4 cm³/mol. The van der Waals surface area contributed by atoms with Crippen LogP contribution in [-0.2, 0) is 11.8 Å². The Morgan fingerprint density at radius 2 is 2.17 bits per heavy atom. The number of hydrogen-bond acceptors (Lipinski definition) is 4. The van der Waals surface area contributed by atoms with Crippen molar-refractivity contribution in [3.8, 4) is 5.75 Å². The third kappa shape index (κ3) is 4.28. The van der Waals surface area contributed by atoms with Crippen LogP contribution >= 0.6 is 28.3 Å². The fraction of sp³-hybridized carbons (Fsp3) is 0.375. The second-order valence-corrected chi connectivity index (χ2v) is 6.36. The number of ether oxygens (including phenoxy) is 1. The monoisotopic (exact) mass is 414 g/mol. The highest BCUT2D eigenvalue weighted by Gasteiger charge is 2.30. The van der Waals surface area contributed by atoms with E-state index >= 15 is 0 Å². The normalized spacial score (nSPS) is 17.2. The molecule has 1 fully saturated rings. The summed E-state index contributed by atoms with van der Waals surface area (Å²) in [5.74, 6) is 1.54. The van der Waals surface area contributed by atoms with Gasteiger partial charge in [0.05, 0.1) is 0 Å². The summed E-state index contributed by atoms with van der Waals surface area (Å²) < 4.78 is 8.54. The molecule has 1 aromatic carbocycles. The van der Waals surface area contributed by atoms with E-state index in [-0.39, 0.29) is 31.0 Å². The smallest absolute Gasteiger partial charge is 0.261 e. The molecule has 1 saturated heterocycles. The molecule has 0 saturated carbocycles. The summed E-state index contributed by atoms with van der Waals surface area (Å²) in [7, 11) is 1.94. The van der Waals surface area contributed by atoms with Gasteiger partial charge in [-0.1, -0.05) is 15.9 Å². The number of carbonyl (C=O) groups is 1. The molecule has 6 nitrogen and oxygen atoms in total. The number of piperazine rings is 1. The first kappa shape index (κ1) is 18.8. The van der Waals surface area contributed by atoms with Crippen LogP contribution in [0.25, 0.3) is 0 Å². The molecule has 2 aromatic rings. The summed E-state index contributed by atoms with van der Waals surface area (Å²) in [6, 6.07) is 7.39. The van der Waals surface area contributed by atoms with Crippen LogP contribution in [0.4, 0.5) is 0 Å². The average molecular weight is 416 g/mol. The molecule has 130 valence electrons. The van der Waals surface area contributed by atoms with Crippen LogP contribution < -0.4 is 10.1 Å². The Morgan fingerprint density at radius 3 is 2.83 bits per heavy atom. The van der Waals surface area contributed by atoms with E-state index in [1.165, 1.54) is 0 Å². The van der Waals surface area contributed by atoms with Crippen molar-refractivity contribution in [2.75, 3.05) is 26.2 Å². The molecule has 2 heterocycles. The van der Waals surface area contributed by atoms with Crippen LogP contribution in [0.1, 0.15) is 11.9 Å². The maximum atomic E-state index is 12.6. The molecule has 1 aliphatic rings. The highest BCUT2D eigenvalue weighted by atomic mass is 79.9. The summed E-state index contributed by atoms with van der Waals surface area (Å²) in [6.45, 7) is 2.17. The minimum Gasteiger partial charge on any atom is -0.484 e. The number of amides is 1. The van der Waals surface area contributed by atoms with Gasteiger partial charge in [0, 0.05) is 43.5 Å². The number of hydrogen-bond donors (Lipinski definition) is 1. The quantitative estimate of drug-likeness (QED) is 0.831. The molecule has 1 amide bonds. The SMILES string of the molecule is Cl.Cn1ccnc1C1CNCCN1C(=O)COc1ccc(Br)cc1. The van der Waals surface area contributed by atoms with Crippen LogP contribution in [0.5, 0.6) is 5.75 Å². The van der Waals surface area contributed by atoms with Gasteiger partial charge in [0.15, 0.2) is 6.61 Å². The molecular weight excluding hydrogens is 396 g/mol. The maximum Gasteiger partial charge on any atom is 0.261 e. The minimum atomic E-state index is -0.0650. The number of nitrogens with one attached hydrogen (secondary N) is 1. The lowest BCUT2D eigenvalue weighted by atomic mass is 10.1. The molecule has 1 aromatic heterocycles. The van der Waals surface area contributed by atoms with Crippen LogP contribution in [0.2, 0.25) is 0 Å². The number of aromatic nitrogens is 2. The summed E-state index contributed by atoms with van der Waals surface area (Å²) in [5.41, 5.74) is 0. The lowest BCUT2D eigenvalue weighted by molar-refractivity contribution is -0.137. The molecule has 24 heavy (non-hydrogen) atoms. The van der Waals surface area contributed by atoms with Gasteiger partial charge in [0.1, 0.15) is 17.6 Å². The van der Waals surface area contributed by atoms with E-state index in [9.17, 15) is 4.79 Å². The van der Waals surface area contributed by atoms with Crippen molar-refractivity contribution in [3.05, 3.63) is 47.0 Å². The molecular formula is C16H20BrClN4O2. The van der Waals surface area contributed by atoms with Crippen molar-refractivity contribution in [1.82, 2.24) is 19.8 Å². The third-order valence-electron chi connectivity index (χ3n) is 3.90. The van der Waals surface area contributed by atoms with Gasteiger partial charge in [-0.05, 0) is 24.3 Å². The Kier molecular flexibility index (Phi) is 6.65. The second kappa shape index (κ2) is 8.50. The number of rotatable bonds is 4. The van der Waals surface area contributed by atoms with Gasteiger partial charge in [0.25, 0.3) is 5.91 Å². The maximum absolute atomic E-state index is 12.6. The molecule has 8 heteroatoms. The molecule has 0 radical (unpaired) electrons. The highest BCUT2D eigenvalue weighted by Crippen LogP contribution is 2.21. The topological polar surface area (TPSA) is 59.4 Å². The summed E-state index contributed by atoms with van der Waals surface area (Å²) >= 11 is 3.38. The Morgan fingerprint density at radius 1 is 1.42 bits per heavy atom. The molecule has 3 rings (SSSR count). The molecule has 1 atom stereocenters. The zero-order valence-corrected chi connectivity index (χ0v) is 15.7. The summed E-state index contributed by atoms with van der Waals surface area (Å²) in [4.78, 5) is 18.8. The second-order valence-electron chi connectivity index (χ2n) is 5.45. The summed E-state index contributed by atoms with van der Waals surface area (Å²) in [5, 5.41) is 3.32. The van der Waals surface area contributed by atoms with E-state index in [1.54, 1.807) is 6.20 Å². The van der Waals surface area contributed by atoms with Gasteiger partial charge < -0.3 is 19.5 Å².